The minimum Gasteiger partial charge on any atom is -0.338 e. The molecule has 0 aromatic carbocycles. The number of pyridine rings is 2. The van der Waals surface area contributed by atoms with Crippen LogP contribution in [0.4, 0.5) is 11.5 Å². The average Bonchev–Trinajstić information content (AvgIpc) is 2.32. The maximum absolute atomic E-state index is 9.01. The van der Waals surface area contributed by atoms with Crippen molar-refractivity contribution < 1.29 is 0 Å². The fraction of sp³-hybridized carbons (Fsp3) is 0.154. The van der Waals surface area contributed by atoms with Gasteiger partial charge in [-0.1, -0.05) is 0 Å². The van der Waals surface area contributed by atoms with Gasteiger partial charge in [0.15, 0.2) is 0 Å². The van der Waals surface area contributed by atoms with Gasteiger partial charge in [-0.15, -0.1) is 0 Å². The predicted molar refractivity (Wildman–Crippen MR) is 65.9 cm³/mol. The van der Waals surface area contributed by atoms with Crippen molar-refractivity contribution in [2.45, 2.75) is 13.8 Å². The number of rotatable bonds is 2. The lowest BCUT2D eigenvalue weighted by molar-refractivity contribution is 1.16. The first-order valence-electron chi connectivity index (χ1n) is 5.27. The molecule has 0 saturated heterocycles. The first kappa shape index (κ1) is 11.1. The van der Waals surface area contributed by atoms with Gasteiger partial charge in [-0.25, -0.2) is 4.98 Å². The number of anilines is 2. The minimum absolute atomic E-state index is 0.527. The molecule has 0 aliphatic carbocycles. The Morgan fingerprint density at radius 2 is 2.06 bits per heavy atom. The molecule has 0 aliphatic heterocycles. The number of nitrogens with zero attached hydrogens (tertiary/aromatic N) is 3. The molecule has 0 bridgehead atoms. The molecular weight excluding hydrogens is 212 g/mol. The number of hydrogen-bond acceptors (Lipinski definition) is 4. The molecule has 0 atom stereocenters. The van der Waals surface area contributed by atoms with Gasteiger partial charge in [-0.3, -0.25) is 4.98 Å². The van der Waals surface area contributed by atoms with E-state index in [1.807, 2.05) is 32.0 Å². The normalized spacial score (nSPS) is 9.71. The zero-order valence-corrected chi connectivity index (χ0v) is 9.73. The molecule has 1 N–H and O–H groups in total. The summed E-state index contributed by atoms with van der Waals surface area (Å²) in [6, 6.07) is 9.45. The van der Waals surface area contributed by atoms with Gasteiger partial charge in [-0.05, 0) is 38.1 Å². The van der Waals surface area contributed by atoms with Gasteiger partial charge in [-0.2, -0.15) is 5.26 Å². The Hall–Kier alpha value is -2.41. The Morgan fingerprint density at radius 1 is 1.24 bits per heavy atom. The lowest BCUT2D eigenvalue weighted by atomic mass is 10.2. The number of nitrogens with one attached hydrogen (secondary N) is 1. The molecule has 2 rings (SSSR count). The highest BCUT2D eigenvalue weighted by Gasteiger charge is 2.06. The molecule has 0 fully saturated rings. The molecular formula is C13H12N4. The first-order chi connectivity index (χ1) is 8.20. The second-order valence-electron chi connectivity index (χ2n) is 3.72. The maximum Gasteiger partial charge on any atom is 0.148 e. The van der Waals surface area contributed by atoms with Crippen LogP contribution >= 0.6 is 0 Å². The van der Waals surface area contributed by atoms with Gasteiger partial charge in [0.25, 0.3) is 0 Å². The Labute approximate surface area is 100.0 Å². The summed E-state index contributed by atoms with van der Waals surface area (Å²) in [5, 5.41) is 12.1. The molecule has 0 amide bonds. The van der Waals surface area contributed by atoms with Crippen LogP contribution in [0.2, 0.25) is 0 Å². The molecule has 0 aliphatic rings. The Balaban J connectivity index is 2.40. The van der Waals surface area contributed by atoms with Gasteiger partial charge in [0.05, 0.1) is 16.9 Å². The van der Waals surface area contributed by atoms with E-state index in [4.69, 9.17) is 5.26 Å². The molecule has 0 saturated carbocycles. The van der Waals surface area contributed by atoms with Crippen LogP contribution in [0, 0.1) is 25.2 Å². The van der Waals surface area contributed by atoms with E-state index in [0.717, 1.165) is 17.1 Å². The molecule has 2 heterocycles. The highest BCUT2D eigenvalue weighted by Crippen LogP contribution is 2.20. The first-order valence-corrected chi connectivity index (χ1v) is 5.27. The molecule has 2 aromatic heterocycles. The highest BCUT2D eigenvalue weighted by molar-refractivity contribution is 5.64. The molecule has 4 heteroatoms. The monoisotopic (exact) mass is 224 g/mol. The van der Waals surface area contributed by atoms with Crippen molar-refractivity contribution in [1.29, 1.82) is 5.26 Å². The molecule has 0 unspecified atom stereocenters. The molecule has 2 aromatic rings. The van der Waals surface area contributed by atoms with Crippen molar-refractivity contribution in [3.8, 4) is 6.07 Å². The van der Waals surface area contributed by atoms with Crippen LogP contribution in [-0.4, -0.2) is 9.97 Å². The number of nitriles is 1. The molecule has 0 spiro atoms. The number of aryl methyl sites for hydroxylation is 2. The van der Waals surface area contributed by atoms with Crippen molar-refractivity contribution >= 4 is 11.5 Å². The summed E-state index contributed by atoms with van der Waals surface area (Å²) in [7, 11) is 0. The molecule has 84 valence electrons. The van der Waals surface area contributed by atoms with E-state index in [9.17, 15) is 0 Å². The Kier molecular flexibility index (Phi) is 3.01. The standard InChI is InChI=1S/C13H12N4/c1-9-5-6-11(8-14)13(16-9)17-12-4-3-7-15-10(12)2/h3-7H,1-2H3,(H,16,17). The summed E-state index contributed by atoms with van der Waals surface area (Å²) < 4.78 is 0. The second-order valence-corrected chi connectivity index (χ2v) is 3.72. The Morgan fingerprint density at radius 3 is 2.76 bits per heavy atom. The van der Waals surface area contributed by atoms with Gasteiger partial charge in [0.1, 0.15) is 11.9 Å². The third kappa shape index (κ3) is 2.40. The van der Waals surface area contributed by atoms with Gasteiger partial charge < -0.3 is 5.32 Å². The van der Waals surface area contributed by atoms with Crippen molar-refractivity contribution in [3.05, 3.63) is 47.4 Å². The zero-order valence-electron chi connectivity index (χ0n) is 9.73. The third-order valence-electron chi connectivity index (χ3n) is 2.41. The zero-order chi connectivity index (χ0) is 12.3. The van der Waals surface area contributed by atoms with Crippen LogP contribution in [0.5, 0.6) is 0 Å². The summed E-state index contributed by atoms with van der Waals surface area (Å²) in [6.07, 6.45) is 1.73. The van der Waals surface area contributed by atoms with Crippen LogP contribution in [0.3, 0.4) is 0 Å². The quantitative estimate of drug-likeness (QED) is 0.851. The van der Waals surface area contributed by atoms with Crippen LogP contribution < -0.4 is 5.32 Å². The highest BCUT2D eigenvalue weighted by atomic mass is 15.0. The van der Waals surface area contributed by atoms with E-state index in [0.29, 0.717) is 11.4 Å². The summed E-state index contributed by atoms with van der Waals surface area (Å²) in [5.74, 6) is 0.573. The minimum atomic E-state index is 0.527. The second kappa shape index (κ2) is 4.62. The van der Waals surface area contributed by atoms with Gasteiger partial charge in [0, 0.05) is 11.9 Å². The van der Waals surface area contributed by atoms with Crippen LogP contribution in [-0.2, 0) is 0 Å². The van der Waals surface area contributed by atoms with Crippen LogP contribution in [0.1, 0.15) is 17.0 Å². The topological polar surface area (TPSA) is 61.6 Å². The van der Waals surface area contributed by atoms with Crippen LogP contribution in [0.15, 0.2) is 30.5 Å². The summed E-state index contributed by atoms with van der Waals surface area (Å²) in [5.41, 5.74) is 3.13. The lowest BCUT2D eigenvalue weighted by Gasteiger charge is -2.09. The average molecular weight is 224 g/mol. The number of aromatic nitrogens is 2. The predicted octanol–water partition coefficient (Wildman–Crippen LogP) is 2.71. The van der Waals surface area contributed by atoms with Crippen molar-refractivity contribution in [2.75, 3.05) is 5.32 Å². The molecule has 17 heavy (non-hydrogen) atoms. The third-order valence-corrected chi connectivity index (χ3v) is 2.41. The van der Waals surface area contributed by atoms with Crippen molar-refractivity contribution in [1.82, 2.24) is 9.97 Å². The Bertz CT molecular complexity index is 584. The molecule has 0 radical (unpaired) electrons. The SMILES string of the molecule is Cc1ccc(C#N)c(Nc2cccnc2C)n1. The van der Waals surface area contributed by atoms with E-state index in [-0.39, 0.29) is 0 Å². The fourth-order valence-electron chi connectivity index (χ4n) is 1.49. The van der Waals surface area contributed by atoms with E-state index in [1.165, 1.54) is 0 Å². The fourth-order valence-corrected chi connectivity index (χ4v) is 1.49. The summed E-state index contributed by atoms with van der Waals surface area (Å²) in [4.78, 5) is 8.50. The smallest absolute Gasteiger partial charge is 0.148 e. The van der Waals surface area contributed by atoms with E-state index in [2.05, 4.69) is 21.4 Å². The van der Waals surface area contributed by atoms with E-state index >= 15 is 0 Å². The number of hydrogen-bond donors (Lipinski definition) is 1. The van der Waals surface area contributed by atoms with Gasteiger partial charge in [0.2, 0.25) is 0 Å². The lowest BCUT2D eigenvalue weighted by Crippen LogP contribution is -2.00. The largest absolute Gasteiger partial charge is 0.338 e. The summed E-state index contributed by atoms with van der Waals surface area (Å²) >= 11 is 0. The summed E-state index contributed by atoms with van der Waals surface area (Å²) in [6.45, 7) is 3.80. The van der Waals surface area contributed by atoms with Crippen molar-refractivity contribution in [3.63, 3.8) is 0 Å². The van der Waals surface area contributed by atoms with E-state index < -0.39 is 0 Å². The van der Waals surface area contributed by atoms with Crippen LogP contribution in [0.25, 0.3) is 0 Å². The van der Waals surface area contributed by atoms with Crippen molar-refractivity contribution in [2.24, 2.45) is 0 Å². The van der Waals surface area contributed by atoms with E-state index in [1.54, 1.807) is 12.3 Å². The maximum atomic E-state index is 9.01. The van der Waals surface area contributed by atoms with Gasteiger partial charge >= 0.3 is 0 Å². The molecule has 4 nitrogen and oxygen atoms in total.